The lowest BCUT2D eigenvalue weighted by Gasteiger charge is -2.19. The zero-order valence-corrected chi connectivity index (χ0v) is 14.6. The number of hydrogen-bond donors (Lipinski definition) is 1. The third-order valence-corrected chi connectivity index (χ3v) is 3.55. The number of nitrogens with one attached hydrogen (secondary N) is 1. The van der Waals surface area contributed by atoms with Crippen LogP contribution in [-0.2, 0) is 11.3 Å². The molecule has 122 valence electrons. The number of aromatic nitrogens is 2. The smallest absolute Gasteiger partial charge is 0.338 e. The highest BCUT2D eigenvalue weighted by Crippen LogP contribution is 2.14. The van der Waals surface area contributed by atoms with E-state index in [0.29, 0.717) is 12.1 Å². The van der Waals surface area contributed by atoms with Crippen LogP contribution in [0.2, 0.25) is 0 Å². The summed E-state index contributed by atoms with van der Waals surface area (Å²) >= 11 is 1.55. The normalized spacial score (nSPS) is 11.1. The van der Waals surface area contributed by atoms with Gasteiger partial charge < -0.3 is 10.1 Å². The summed E-state index contributed by atoms with van der Waals surface area (Å²) in [4.78, 5) is 12.0. The van der Waals surface area contributed by atoms with Gasteiger partial charge >= 0.3 is 5.97 Å². The summed E-state index contributed by atoms with van der Waals surface area (Å²) in [5, 5.41) is 12.3. The standard InChI is InChI=1S/C17H21N3O2S/c1-17(2,3)22-16(21)13-7-5-12(6-8-13)11-18-14-9-10-15(23-4)20-19-14/h5-10H,11H2,1-4H3,(H,18,19). The maximum absolute atomic E-state index is 12.0. The minimum atomic E-state index is -0.487. The zero-order valence-electron chi connectivity index (χ0n) is 13.8. The highest BCUT2D eigenvalue weighted by atomic mass is 32.2. The quantitative estimate of drug-likeness (QED) is 0.665. The summed E-state index contributed by atoms with van der Waals surface area (Å²) in [6.07, 6.45) is 1.96. The van der Waals surface area contributed by atoms with Crippen LogP contribution in [0.1, 0.15) is 36.7 Å². The first-order valence-corrected chi connectivity index (χ1v) is 8.54. The van der Waals surface area contributed by atoms with Gasteiger partial charge in [0.15, 0.2) is 0 Å². The number of anilines is 1. The number of hydrogen-bond acceptors (Lipinski definition) is 6. The Balaban J connectivity index is 1.93. The van der Waals surface area contributed by atoms with E-state index in [0.717, 1.165) is 16.4 Å². The maximum atomic E-state index is 12.0. The Labute approximate surface area is 140 Å². The maximum Gasteiger partial charge on any atom is 0.338 e. The first-order chi connectivity index (χ1) is 10.9. The molecule has 0 atom stereocenters. The van der Waals surface area contributed by atoms with Crippen molar-refractivity contribution in [1.29, 1.82) is 0 Å². The average molecular weight is 331 g/mol. The number of esters is 1. The van der Waals surface area contributed by atoms with Gasteiger partial charge in [-0.25, -0.2) is 4.79 Å². The molecule has 6 heteroatoms. The van der Waals surface area contributed by atoms with Gasteiger partial charge in [-0.05, 0) is 56.9 Å². The van der Waals surface area contributed by atoms with Crippen molar-refractivity contribution in [1.82, 2.24) is 10.2 Å². The van der Waals surface area contributed by atoms with E-state index in [1.54, 1.807) is 23.9 Å². The molecule has 0 radical (unpaired) electrons. The minimum Gasteiger partial charge on any atom is -0.456 e. The molecule has 1 N–H and O–H groups in total. The lowest BCUT2D eigenvalue weighted by molar-refractivity contribution is 0.00695. The number of carbonyl (C=O) groups excluding carboxylic acids is 1. The molecule has 0 bridgehead atoms. The van der Waals surface area contributed by atoms with Crippen LogP contribution in [0.15, 0.2) is 41.4 Å². The monoisotopic (exact) mass is 331 g/mol. The number of rotatable bonds is 5. The van der Waals surface area contributed by atoms with Gasteiger partial charge in [-0.2, -0.15) is 0 Å². The molecule has 0 aliphatic carbocycles. The van der Waals surface area contributed by atoms with Crippen molar-refractivity contribution < 1.29 is 9.53 Å². The number of thioether (sulfide) groups is 1. The number of carbonyl (C=O) groups is 1. The predicted octanol–water partition coefficient (Wildman–Crippen LogP) is 3.77. The predicted molar refractivity (Wildman–Crippen MR) is 92.8 cm³/mol. The van der Waals surface area contributed by atoms with Crippen LogP contribution in [0.3, 0.4) is 0 Å². The fraction of sp³-hybridized carbons (Fsp3) is 0.353. The van der Waals surface area contributed by atoms with Crippen LogP contribution >= 0.6 is 11.8 Å². The Bertz CT molecular complexity index is 649. The largest absolute Gasteiger partial charge is 0.456 e. The second kappa shape index (κ2) is 7.46. The molecule has 0 aliphatic heterocycles. The van der Waals surface area contributed by atoms with Crippen molar-refractivity contribution in [3.63, 3.8) is 0 Å². The van der Waals surface area contributed by atoms with Crippen LogP contribution in [0.25, 0.3) is 0 Å². The van der Waals surface area contributed by atoms with Crippen molar-refractivity contribution in [2.24, 2.45) is 0 Å². The molecular formula is C17H21N3O2S. The summed E-state index contributed by atoms with van der Waals surface area (Å²) in [7, 11) is 0. The van der Waals surface area contributed by atoms with Crippen LogP contribution < -0.4 is 5.32 Å². The van der Waals surface area contributed by atoms with E-state index in [4.69, 9.17) is 4.74 Å². The summed E-state index contributed by atoms with van der Waals surface area (Å²) in [5.74, 6) is 0.412. The third kappa shape index (κ3) is 5.56. The van der Waals surface area contributed by atoms with Gasteiger partial charge in [0.1, 0.15) is 16.4 Å². The van der Waals surface area contributed by atoms with Gasteiger partial charge in [-0.15, -0.1) is 22.0 Å². The number of ether oxygens (including phenoxy) is 1. The first kappa shape index (κ1) is 17.3. The van der Waals surface area contributed by atoms with Crippen LogP contribution in [0.4, 0.5) is 5.82 Å². The molecule has 0 spiro atoms. The van der Waals surface area contributed by atoms with E-state index in [2.05, 4.69) is 15.5 Å². The molecule has 0 saturated carbocycles. The summed E-state index contributed by atoms with van der Waals surface area (Å²) < 4.78 is 5.34. The van der Waals surface area contributed by atoms with Crippen molar-refractivity contribution in [3.05, 3.63) is 47.5 Å². The second-order valence-corrected chi connectivity index (χ2v) is 6.84. The average Bonchev–Trinajstić information content (AvgIpc) is 2.52. The van der Waals surface area contributed by atoms with E-state index < -0.39 is 5.60 Å². The van der Waals surface area contributed by atoms with Gasteiger partial charge in [0.05, 0.1) is 5.56 Å². The molecule has 0 aliphatic rings. The molecule has 5 nitrogen and oxygen atoms in total. The van der Waals surface area contributed by atoms with Gasteiger partial charge in [0, 0.05) is 6.54 Å². The molecular weight excluding hydrogens is 310 g/mol. The molecule has 2 rings (SSSR count). The molecule has 0 amide bonds. The first-order valence-electron chi connectivity index (χ1n) is 7.31. The van der Waals surface area contributed by atoms with Gasteiger partial charge in [-0.1, -0.05) is 12.1 Å². The Morgan fingerprint density at radius 1 is 1.13 bits per heavy atom. The second-order valence-electron chi connectivity index (χ2n) is 6.01. The van der Waals surface area contributed by atoms with E-state index in [9.17, 15) is 4.79 Å². The molecule has 0 unspecified atom stereocenters. The van der Waals surface area contributed by atoms with E-state index in [1.807, 2.05) is 51.3 Å². The fourth-order valence-corrected chi connectivity index (χ4v) is 2.14. The SMILES string of the molecule is CSc1ccc(NCc2ccc(C(=O)OC(C)(C)C)cc2)nn1. The number of nitrogens with zero attached hydrogens (tertiary/aromatic N) is 2. The van der Waals surface area contributed by atoms with Crippen molar-refractivity contribution in [2.45, 2.75) is 37.9 Å². The van der Waals surface area contributed by atoms with Crippen molar-refractivity contribution in [3.8, 4) is 0 Å². The van der Waals surface area contributed by atoms with Crippen LogP contribution in [0.5, 0.6) is 0 Å². The van der Waals surface area contributed by atoms with Crippen molar-refractivity contribution >= 4 is 23.5 Å². The molecule has 1 aromatic heterocycles. The van der Waals surface area contributed by atoms with E-state index in [1.165, 1.54) is 0 Å². The van der Waals surface area contributed by atoms with E-state index in [-0.39, 0.29) is 5.97 Å². The molecule has 23 heavy (non-hydrogen) atoms. The Morgan fingerprint density at radius 3 is 2.35 bits per heavy atom. The Hall–Kier alpha value is -2.08. The van der Waals surface area contributed by atoms with Crippen LogP contribution in [0, 0.1) is 0 Å². The molecule has 1 aromatic carbocycles. The lowest BCUT2D eigenvalue weighted by Crippen LogP contribution is -2.23. The Morgan fingerprint density at radius 2 is 1.83 bits per heavy atom. The van der Waals surface area contributed by atoms with Crippen LogP contribution in [-0.4, -0.2) is 28.0 Å². The highest BCUT2D eigenvalue weighted by Gasteiger charge is 2.17. The molecule has 0 fully saturated rings. The number of benzene rings is 1. The summed E-state index contributed by atoms with van der Waals surface area (Å²) in [6, 6.07) is 11.2. The zero-order chi connectivity index (χ0) is 16.9. The minimum absolute atomic E-state index is 0.310. The lowest BCUT2D eigenvalue weighted by atomic mass is 10.1. The topological polar surface area (TPSA) is 64.1 Å². The molecule has 1 heterocycles. The van der Waals surface area contributed by atoms with Crippen molar-refractivity contribution in [2.75, 3.05) is 11.6 Å². The molecule has 0 saturated heterocycles. The molecule has 2 aromatic rings. The van der Waals surface area contributed by atoms with Gasteiger partial charge in [0.25, 0.3) is 0 Å². The summed E-state index contributed by atoms with van der Waals surface area (Å²) in [6.45, 7) is 6.17. The fourth-order valence-electron chi connectivity index (χ4n) is 1.81. The van der Waals surface area contributed by atoms with E-state index >= 15 is 0 Å². The Kier molecular flexibility index (Phi) is 5.60. The summed E-state index contributed by atoms with van der Waals surface area (Å²) in [5.41, 5.74) is 1.11. The highest BCUT2D eigenvalue weighted by molar-refractivity contribution is 7.98. The van der Waals surface area contributed by atoms with Gasteiger partial charge in [-0.3, -0.25) is 0 Å². The van der Waals surface area contributed by atoms with Gasteiger partial charge in [0.2, 0.25) is 0 Å². The third-order valence-electron chi connectivity index (χ3n) is 2.91.